The predicted octanol–water partition coefficient (Wildman–Crippen LogP) is 2.57. The number of hydrogen-bond acceptors (Lipinski definition) is 5. The number of pyridine rings is 1. The molecule has 0 bridgehead atoms. The fourth-order valence-electron chi connectivity index (χ4n) is 1.62. The van der Waals surface area contributed by atoms with Crippen LogP contribution < -0.4 is 10.1 Å². The van der Waals surface area contributed by atoms with E-state index in [2.05, 4.69) is 26.2 Å². The predicted molar refractivity (Wildman–Crippen MR) is 83.1 cm³/mol. The average Bonchev–Trinajstić information content (AvgIpc) is 2.52. The van der Waals surface area contributed by atoms with E-state index in [0.717, 1.165) is 4.47 Å². The molecule has 0 spiro atoms. The first-order valence-corrected chi connectivity index (χ1v) is 7.15. The Morgan fingerprint density at radius 1 is 1.29 bits per heavy atom. The Hall–Kier alpha value is -2.10. The van der Waals surface area contributed by atoms with Gasteiger partial charge in [0.1, 0.15) is 36.0 Å². The Kier molecular flexibility index (Phi) is 5.55. The van der Waals surface area contributed by atoms with E-state index in [-0.39, 0.29) is 13.2 Å². The number of aromatic nitrogens is 1. The zero-order valence-corrected chi connectivity index (χ0v) is 12.7. The molecule has 21 heavy (non-hydrogen) atoms. The molecule has 0 aliphatic rings. The molecule has 1 atom stereocenters. The number of nitriles is 1. The Bertz CT molecular complexity index is 643. The molecular formula is C15H14BrN3O2. The van der Waals surface area contributed by atoms with Crippen molar-refractivity contribution in [2.24, 2.45) is 0 Å². The topological polar surface area (TPSA) is 78.2 Å². The van der Waals surface area contributed by atoms with Crippen LogP contribution in [-0.4, -0.2) is 29.3 Å². The molecule has 0 aliphatic carbocycles. The van der Waals surface area contributed by atoms with E-state index in [1.807, 2.05) is 30.3 Å². The summed E-state index contributed by atoms with van der Waals surface area (Å²) in [5.74, 6) is 1.23. The second kappa shape index (κ2) is 7.62. The maximum absolute atomic E-state index is 9.89. The van der Waals surface area contributed by atoms with E-state index in [1.54, 1.807) is 18.2 Å². The van der Waals surface area contributed by atoms with E-state index in [4.69, 9.17) is 10.00 Å². The third kappa shape index (κ3) is 4.74. The molecule has 0 saturated carbocycles. The summed E-state index contributed by atoms with van der Waals surface area (Å²) in [5, 5.41) is 21.6. The molecule has 0 fully saturated rings. The highest BCUT2D eigenvalue weighted by Crippen LogP contribution is 2.23. The molecule has 2 N–H and O–H groups in total. The van der Waals surface area contributed by atoms with E-state index in [0.29, 0.717) is 17.3 Å². The number of halogens is 1. The van der Waals surface area contributed by atoms with Crippen molar-refractivity contribution in [3.05, 3.63) is 52.6 Å². The van der Waals surface area contributed by atoms with Gasteiger partial charge in [-0.15, -0.1) is 0 Å². The van der Waals surface area contributed by atoms with Crippen molar-refractivity contribution in [2.75, 3.05) is 18.5 Å². The molecule has 1 aromatic carbocycles. The lowest BCUT2D eigenvalue weighted by atomic mass is 10.3. The first-order valence-electron chi connectivity index (χ1n) is 6.35. The molecule has 2 rings (SSSR count). The number of hydrogen-bond donors (Lipinski definition) is 2. The highest BCUT2D eigenvalue weighted by atomic mass is 79.9. The van der Waals surface area contributed by atoms with Crippen LogP contribution in [0, 0.1) is 11.3 Å². The minimum Gasteiger partial charge on any atom is -0.490 e. The Labute approximate surface area is 131 Å². The normalized spacial score (nSPS) is 11.5. The van der Waals surface area contributed by atoms with Crippen molar-refractivity contribution in [3.8, 4) is 11.8 Å². The van der Waals surface area contributed by atoms with E-state index in [9.17, 15) is 5.11 Å². The van der Waals surface area contributed by atoms with Crippen LogP contribution in [0.3, 0.4) is 0 Å². The summed E-state index contributed by atoms with van der Waals surface area (Å²) in [4.78, 5) is 4.06. The summed E-state index contributed by atoms with van der Waals surface area (Å²) >= 11 is 3.38. The SMILES string of the molecule is N#Cc1cccc(NC[C@H](O)COc2ccccc2Br)n1. The molecule has 0 unspecified atom stereocenters. The number of rotatable bonds is 6. The number of nitrogens with zero attached hydrogens (tertiary/aromatic N) is 2. The summed E-state index contributed by atoms with van der Waals surface area (Å²) in [5.41, 5.74) is 0.332. The van der Waals surface area contributed by atoms with Gasteiger partial charge in [0, 0.05) is 6.54 Å². The van der Waals surface area contributed by atoms with Crippen molar-refractivity contribution in [2.45, 2.75) is 6.10 Å². The van der Waals surface area contributed by atoms with Crippen LogP contribution in [0.2, 0.25) is 0 Å². The van der Waals surface area contributed by atoms with Crippen LogP contribution in [0.15, 0.2) is 46.9 Å². The number of benzene rings is 1. The summed E-state index contributed by atoms with van der Waals surface area (Å²) < 4.78 is 6.36. The summed E-state index contributed by atoms with van der Waals surface area (Å²) in [6.45, 7) is 0.444. The zero-order chi connectivity index (χ0) is 15.1. The summed E-state index contributed by atoms with van der Waals surface area (Å²) in [6.07, 6.45) is -0.690. The lowest BCUT2D eigenvalue weighted by Crippen LogP contribution is -2.26. The van der Waals surface area contributed by atoms with Crippen LogP contribution in [0.1, 0.15) is 5.69 Å². The highest BCUT2D eigenvalue weighted by Gasteiger charge is 2.07. The second-order valence-electron chi connectivity index (χ2n) is 4.30. The average molecular weight is 348 g/mol. The van der Waals surface area contributed by atoms with Gasteiger partial charge < -0.3 is 15.2 Å². The molecule has 2 aromatic rings. The molecule has 0 amide bonds. The maximum atomic E-state index is 9.89. The number of ether oxygens (including phenoxy) is 1. The highest BCUT2D eigenvalue weighted by molar-refractivity contribution is 9.10. The smallest absolute Gasteiger partial charge is 0.142 e. The zero-order valence-electron chi connectivity index (χ0n) is 11.2. The number of anilines is 1. The van der Waals surface area contributed by atoms with E-state index < -0.39 is 6.10 Å². The quantitative estimate of drug-likeness (QED) is 0.839. The van der Waals surface area contributed by atoms with Gasteiger partial charge in [0.25, 0.3) is 0 Å². The molecule has 0 saturated heterocycles. The Morgan fingerprint density at radius 3 is 2.86 bits per heavy atom. The lowest BCUT2D eigenvalue weighted by Gasteiger charge is -2.14. The fraction of sp³-hybridized carbons (Fsp3) is 0.200. The molecule has 6 heteroatoms. The molecular weight excluding hydrogens is 334 g/mol. The van der Waals surface area contributed by atoms with Gasteiger partial charge in [-0.1, -0.05) is 18.2 Å². The van der Waals surface area contributed by atoms with Crippen molar-refractivity contribution in [1.29, 1.82) is 5.26 Å². The monoisotopic (exact) mass is 347 g/mol. The van der Waals surface area contributed by atoms with Crippen LogP contribution in [0.5, 0.6) is 5.75 Å². The first-order chi connectivity index (χ1) is 10.2. The van der Waals surface area contributed by atoms with E-state index in [1.165, 1.54) is 0 Å². The van der Waals surface area contributed by atoms with Crippen molar-refractivity contribution in [3.63, 3.8) is 0 Å². The van der Waals surface area contributed by atoms with Gasteiger partial charge in [-0.2, -0.15) is 5.26 Å². The standard InChI is InChI=1S/C15H14BrN3O2/c16-13-5-1-2-6-14(13)21-10-12(20)9-18-15-7-3-4-11(8-17)19-15/h1-7,12,20H,9-10H2,(H,18,19)/t12-/m0/s1. The molecule has 1 heterocycles. The Morgan fingerprint density at radius 2 is 2.10 bits per heavy atom. The van der Waals surface area contributed by atoms with Crippen molar-refractivity contribution >= 4 is 21.7 Å². The van der Waals surface area contributed by atoms with Gasteiger partial charge in [-0.25, -0.2) is 4.98 Å². The lowest BCUT2D eigenvalue weighted by molar-refractivity contribution is 0.117. The van der Waals surface area contributed by atoms with Gasteiger partial charge in [-0.3, -0.25) is 0 Å². The van der Waals surface area contributed by atoms with Gasteiger partial charge in [0.2, 0.25) is 0 Å². The van der Waals surface area contributed by atoms with Gasteiger partial charge >= 0.3 is 0 Å². The molecule has 5 nitrogen and oxygen atoms in total. The summed E-state index contributed by atoms with van der Waals surface area (Å²) in [6, 6.07) is 14.5. The number of nitrogens with one attached hydrogen (secondary N) is 1. The first kappa shape index (κ1) is 15.3. The van der Waals surface area contributed by atoms with Gasteiger partial charge in [-0.05, 0) is 40.2 Å². The van der Waals surface area contributed by atoms with Gasteiger partial charge in [0.05, 0.1) is 4.47 Å². The van der Waals surface area contributed by atoms with E-state index >= 15 is 0 Å². The van der Waals surface area contributed by atoms with Crippen molar-refractivity contribution in [1.82, 2.24) is 4.98 Å². The van der Waals surface area contributed by atoms with Gasteiger partial charge in [0.15, 0.2) is 0 Å². The molecule has 1 aromatic heterocycles. The number of aliphatic hydroxyl groups excluding tert-OH is 1. The maximum Gasteiger partial charge on any atom is 0.142 e. The molecule has 108 valence electrons. The second-order valence-corrected chi connectivity index (χ2v) is 5.15. The van der Waals surface area contributed by atoms with Crippen molar-refractivity contribution < 1.29 is 9.84 Å². The van der Waals surface area contributed by atoms with Crippen LogP contribution in [-0.2, 0) is 0 Å². The van der Waals surface area contributed by atoms with Crippen LogP contribution in [0.4, 0.5) is 5.82 Å². The fourth-order valence-corrected chi connectivity index (χ4v) is 2.02. The number of aliphatic hydroxyl groups is 1. The van der Waals surface area contributed by atoms with Crippen LogP contribution >= 0.6 is 15.9 Å². The Balaban J connectivity index is 1.81. The molecule has 0 radical (unpaired) electrons. The largest absolute Gasteiger partial charge is 0.490 e. The number of para-hydroxylation sites is 1. The minimum absolute atomic E-state index is 0.160. The third-order valence-corrected chi connectivity index (χ3v) is 3.31. The molecule has 0 aliphatic heterocycles. The van der Waals surface area contributed by atoms with Crippen LogP contribution in [0.25, 0.3) is 0 Å². The minimum atomic E-state index is -0.690. The third-order valence-electron chi connectivity index (χ3n) is 2.65. The summed E-state index contributed by atoms with van der Waals surface area (Å²) in [7, 11) is 0.